The number of carbonyl (C=O) groups is 2. The summed E-state index contributed by atoms with van der Waals surface area (Å²) in [6.45, 7) is 0. The monoisotopic (exact) mass is 512 g/mol. The van der Waals surface area contributed by atoms with Crippen LogP contribution in [-0.2, 0) is 30.6 Å². The molecule has 0 saturated heterocycles. The number of carbonyl (C=O) groups excluding carboxylic acids is 1. The van der Waals surface area contributed by atoms with Gasteiger partial charge in [-0.15, -0.1) is 0 Å². The molecule has 11 heteroatoms. The zero-order valence-corrected chi connectivity index (χ0v) is 20.2. The summed E-state index contributed by atoms with van der Waals surface area (Å²) >= 11 is 7.05. The number of nitrogens with one attached hydrogen (secondary N) is 1. The Morgan fingerprint density at radius 1 is 1.15 bits per heavy atom. The van der Waals surface area contributed by atoms with E-state index in [1.54, 1.807) is 12.1 Å². The minimum Gasteiger partial charge on any atom is -0.481 e. The minimum absolute atomic E-state index is 0.0770. The van der Waals surface area contributed by atoms with Crippen molar-refractivity contribution in [2.24, 2.45) is 0 Å². The van der Waals surface area contributed by atoms with Gasteiger partial charge in [-0.2, -0.15) is 0 Å². The summed E-state index contributed by atoms with van der Waals surface area (Å²) in [5, 5.41) is 11.5. The van der Waals surface area contributed by atoms with Crippen molar-refractivity contribution in [3.63, 3.8) is 0 Å². The molecule has 1 atom stereocenters. The number of carboxylic acid groups (broad SMARTS) is 1. The van der Waals surface area contributed by atoms with Gasteiger partial charge < -0.3 is 9.84 Å². The molecule has 8 nitrogen and oxygen atoms in total. The molecule has 2 aliphatic rings. The van der Waals surface area contributed by atoms with Crippen LogP contribution in [0.2, 0.25) is 4.34 Å². The third-order valence-corrected chi connectivity index (χ3v) is 9.32. The number of carboxylic acids is 1. The fourth-order valence-electron chi connectivity index (χ4n) is 3.90. The van der Waals surface area contributed by atoms with E-state index in [4.69, 9.17) is 21.4 Å². The number of thiazole rings is 1. The molecule has 0 aliphatic heterocycles. The summed E-state index contributed by atoms with van der Waals surface area (Å²) in [6.07, 6.45) is 4.87. The maximum absolute atomic E-state index is 13.2. The molecule has 178 valence electrons. The number of aromatic nitrogens is 1. The fraction of sp³-hybridized carbons (Fsp3) is 0.500. The molecule has 0 bridgehead atoms. The molecule has 0 spiro atoms. The van der Waals surface area contributed by atoms with Crippen molar-refractivity contribution >= 4 is 49.8 Å². The van der Waals surface area contributed by atoms with Gasteiger partial charge in [0.1, 0.15) is 4.34 Å². The Morgan fingerprint density at radius 3 is 2.42 bits per heavy atom. The molecule has 1 aromatic carbocycles. The largest absolute Gasteiger partial charge is 0.481 e. The molecule has 2 aliphatic carbocycles. The first kappa shape index (κ1) is 24.1. The van der Waals surface area contributed by atoms with Crippen LogP contribution in [-0.4, -0.2) is 41.7 Å². The quantitative estimate of drug-likeness (QED) is 0.510. The highest BCUT2D eigenvalue weighted by Gasteiger charge is 2.37. The van der Waals surface area contributed by atoms with Gasteiger partial charge in [0, 0.05) is 0 Å². The van der Waals surface area contributed by atoms with E-state index in [-0.39, 0.29) is 37.8 Å². The van der Waals surface area contributed by atoms with Gasteiger partial charge in [-0.05, 0) is 43.4 Å². The average Bonchev–Trinajstić information content (AvgIpc) is 3.59. The Bertz CT molecular complexity index is 1120. The number of amides is 1. The van der Waals surface area contributed by atoms with E-state index in [1.807, 2.05) is 0 Å². The van der Waals surface area contributed by atoms with E-state index in [0.717, 1.165) is 43.4 Å². The molecule has 1 heterocycles. The molecule has 1 unspecified atom stereocenters. The molecule has 33 heavy (non-hydrogen) atoms. The molecular formula is C22H25ClN2O6S2. The Labute approximate surface area is 201 Å². The van der Waals surface area contributed by atoms with Gasteiger partial charge in [0.25, 0.3) is 5.91 Å². The highest BCUT2D eigenvalue weighted by molar-refractivity contribution is 7.92. The van der Waals surface area contributed by atoms with Crippen LogP contribution in [0, 0.1) is 0 Å². The molecule has 0 radical (unpaired) electrons. The van der Waals surface area contributed by atoms with Gasteiger partial charge in [0.15, 0.2) is 21.1 Å². The molecule has 2 aromatic rings. The number of aliphatic carboxylic acids is 1. The predicted molar refractivity (Wildman–Crippen MR) is 124 cm³/mol. The number of hydrogen-bond donors (Lipinski definition) is 2. The van der Waals surface area contributed by atoms with Crippen molar-refractivity contribution in [3.8, 4) is 0 Å². The lowest BCUT2D eigenvalue weighted by atomic mass is 9.97. The van der Waals surface area contributed by atoms with Crippen LogP contribution in [0.1, 0.15) is 62.3 Å². The normalized spacial score (nSPS) is 18.1. The number of hydrogen-bond acceptors (Lipinski definition) is 7. The Kier molecular flexibility index (Phi) is 7.37. The molecule has 1 amide bonds. The number of nitrogens with zero attached hydrogens (tertiary/aromatic N) is 1. The van der Waals surface area contributed by atoms with E-state index in [9.17, 15) is 18.0 Å². The van der Waals surface area contributed by atoms with Crippen LogP contribution in [0.15, 0.2) is 29.2 Å². The number of anilines is 1. The van der Waals surface area contributed by atoms with E-state index in [2.05, 4.69) is 10.3 Å². The second-order valence-electron chi connectivity index (χ2n) is 8.39. The van der Waals surface area contributed by atoms with Crippen molar-refractivity contribution in [2.45, 2.75) is 73.7 Å². The zero-order chi connectivity index (χ0) is 23.6. The van der Waals surface area contributed by atoms with Crippen molar-refractivity contribution in [1.82, 2.24) is 4.98 Å². The van der Waals surface area contributed by atoms with Crippen LogP contribution in [0.25, 0.3) is 0 Å². The van der Waals surface area contributed by atoms with Crippen molar-refractivity contribution in [2.75, 3.05) is 5.32 Å². The summed E-state index contributed by atoms with van der Waals surface area (Å²) in [5.41, 5.74) is 0.727. The lowest BCUT2D eigenvalue weighted by Gasteiger charge is -2.27. The molecule has 4 rings (SSSR count). The number of benzene rings is 1. The zero-order valence-electron chi connectivity index (χ0n) is 17.8. The van der Waals surface area contributed by atoms with Crippen molar-refractivity contribution in [1.29, 1.82) is 0 Å². The Hall–Kier alpha value is -2.01. The van der Waals surface area contributed by atoms with Gasteiger partial charge >= 0.3 is 5.97 Å². The number of sulfone groups is 1. The highest BCUT2D eigenvalue weighted by Crippen LogP contribution is 2.35. The van der Waals surface area contributed by atoms with Gasteiger partial charge in [-0.25, -0.2) is 13.4 Å². The first-order chi connectivity index (χ1) is 15.7. The summed E-state index contributed by atoms with van der Waals surface area (Å²) in [4.78, 5) is 28.5. The lowest BCUT2D eigenvalue weighted by molar-refractivity contribution is -0.136. The van der Waals surface area contributed by atoms with E-state index in [1.165, 1.54) is 12.1 Å². The van der Waals surface area contributed by atoms with E-state index in [0.29, 0.717) is 18.4 Å². The van der Waals surface area contributed by atoms with E-state index >= 15 is 0 Å². The first-order valence-electron chi connectivity index (χ1n) is 10.9. The third-order valence-electron chi connectivity index (χ3n) is 5.79. The maximum Gasteiger partial charge on any atom is 0.309 e. The van der Waals surface area contributed by atoms with Gasteiger partial charge in [0.2, 0.25) is 0 Å². The van der Waals surface area contributed by atoms with Crippen molar-refractivity contribution in [3.05, 3.63) is 39.9 Å². The highest BCUT2D eigenvalue weighted by atomic mass is 35.5. The van der Waals surface area contributed by atoms with Crippen molar-refractivity contribution < 1.29 is 27.9 Å². The first-order valence-corrected chi connectivity index (χ1v) is 13.7. The Morgan fingerprint density at radius 2 is 1.82 bits per heavy atom. The summed E-state index contributed by atoms with van der Waals surface area (Å²) in [7, 11) is -3.33. The SMILES string of the molecule is O=C(O)Cc1nc(NC(=O)C(OC2CCCCC2)c2ccc(S(=O)(=O)C3CC3)cc2)sc1Cl. The molecule has 2 saturated carbocycles. The molecular weight excluding hydrogens is 488 g/mol. The van der Waals surface area contributed by atoms with E-state index < -0.39 is 27.8 Å². The minimum atomic E-state index is -3.33. The van der Waals surface area contributed by atoms with Gasteiger partial charge in [-0.1, -0.05) is 54.3 Å². The number of rotatable bonds is 9. The standard InChI is InChI=1S/C22H25ClN2O6S2/c23-20-17(12-18(26)27)24-22(32-20)25-21(28)19(31-14-4-2-1-3-5-14)13-6-8-15(9-7-13)33(29,30)16-10-11-16/h6-9,14,16,19H,1-5,10-12H2,(H,26,27)(H,24,25,28). The smallest absolute Gasteiger partial charge is 0.309 e. The van der Waals surface area contributed by atoms with Crippen LogP contribution < -0.4 is 5.32 Å². The number of halogens is 1. The fourth-order valence-corrected chi connectivity index (χ4v) is 6.60. The third kappa shape index (κ3) is 5.92. The van der Waals surface area contributed by atoms with Gasteiger partial charge in [-0.3, -0.25) is 14.9 Å². The topological polar surface area (TPSA) is 123 Å². The van der Waals surface area contributed by atoms with Crippen LogP contribution in [0.5, 0.6) is 0 Å². The second-order valence-corrected chi connectivity index (χ2v) is 12.2. The summed E-state index contributed by atoms with van der Waals surface area (Å²) in [6, 6.07) is 6.29. The molecule has 1 aromatic heterocycles. The summed E-state index contributed by atoms with van der Waals surface area (Å²) in [5.74, 6) is -1.54. The van der Waals surface area contributed by atoms with Crippen LogP contribution in [0.4, 0.5) is 5.13 Å². The maximum atomic E-state index is 13.2. The van der Waals surface area contributed by atoms with Crippen LogP contribution in [0.3, 0.4) is 0 Å². The lowest BCUT2D eigenvalue weighted by Crippen LogP contribution is -2.29. The van der Waals surface area contributed by atoms with Crippen LogP contribution >= 0.6 is 22.9 Å². The van der Waals surface area contributed by atoms with Gasteiger partial charge in [0.05, 0.1) is 28.4 Å². The molecule has 2 N–H and O–H groups in total. The number of ether oxygens (including phenoxy) is 1. The Balaban J connectivity index is 1.55. The summed E-state index contributed by atoms with van der Waals surface area (Å²) < 4.78 is 31.4. The molecule has 2 fully saturated rings. The predicted octanol–water partition coefficient (Wildman–Crippen LogP) is 4.39. The second kappa shape index (κ2) is 10.1. The average molecular weight is 513 g/mol.